The molecule has 3 aromatic rings. The van der Waals surface area contributed by atoms with Crippen LogP contribution < -0.4 is 5.32 Å². The molecule has 3 atom stereocenters. The van der Waals surface area contributed by atoms with Gasteiger partial charge in [-0.15, -0.1) is 0 Å². The third-order valence-corrected chi connectivity index (χ3v) is 5.57. The first kappa shape index (κ1) is 18.7. The van der Waals surface area contributed by atoms with Crippen LogP contribution in [0, 0.1) is 5.92 Å². The minimum absolute atomic E-state index is 0.00444. The summed E-state index contributed by atoms with van der Waals surface area (Å²) in [6, 6.07) is 25.3. The van der Waals surface area contributed by atoms with E-state index < -0.39 is 0 Å². The van der Waals surface area contributed by atoms with Gasteiger partial charge in [0.2, 0.25) is 5.91 Å². The summed E-state index contributed by atoms with van der Waals surface area (Å²) in [4.78, 5) is 12.7. The molecule has 3 nitrogen and oxygen atoms in total. The lowest BCUT2D eigenvalue weighted by Crippen LogP contribution is -2.32. The van der Waals surface area contributed by atoms with Gasteiger partial charge in [-0.2, -0.15) is 0 Å². The number of aliphatic hydroxyl groups is 1. The highest BCUT2D eigenvalue weighted by Gasteiger charge is 2.44. The van der Waals surface area contributed by atoms with E-state index in [4.69, 9.17) is 11.6 Å². The lowest BCUT2D eigenvalue weighted by atomic mass is 10.0. The van der Waals surface area contributed by atoms with Gasteiger partial charge in [-0.3, -0.25) is 4.79 Å². The zero-order chi connectivity index (χ0) is 19.5. The van der Waals surface area contributed by atoms with E-state index in [0.717, 1.165) is 28.1 Å². The van der Waals surface area contributed by atoms with Crippen molar-refractivity contribution in [1.29, 1.82) is 0 Å². The van der Waals surface area contributed by atoms with Crippen LogP contribution >= 0.6 is 11.6 Å². The smallest absolute Gasteiger partial charge is 0.224 e. The van der Waals surface area contributed by atoms with Crippen molar-refractivity contribution in [2.75, 3.05) is 6.61 Å². The molecule has 0 bridgehead atoms. The number of rotatable bonds is 6. The van der Waals surface area contributed by atoms with Crippen LogP contribution in [0.4, 0.5) is 0 Å². The molecule has 1 saturated carbocycles. The summed E-state index contributed by atoms with van der Waals surface area (Å²) in [6.07, 6.45) is 0.836. The van der Waals surface area contributed by atoms with Crippen LogP contribution in [0.3, 0.4) is 0 Å². The number of benzene rings is 3. The highest BCUT2D eigenvalue weighted by molar-refractivity contribution is 6.30. The minimum Gasteiger partial charge on any atom is -0.394 e. The van der Waals surface area contributed by atoms with Gasteiger partial charge in [-0.1, -0.05) is 78.3 Å². The second-order valence-electron chi connectivity index (χ2n) is 7.24. The fourth-order valence-electron chi connectivity index (χ4n) is 3.64. The fraction of sp³-hybridized carbons (Fsp3) is 0.208. The van der Waals surface area contributed by atoms with Crippen molar-refractivity contribution in [2.24, 2.45) is 5.92 Å². The van der Waals surface area contributed by atoms with Crippen molar-refractivity contribution in [3.05, 3.63) is 95.0 Å². The monoisotopic (exact) mass is 391 g/mol. The van der Waals surface area contributed by atoms with Gasteiger partial charge in [0.05, 0.1) is 12.6 Å². The van der Waals surface area contributed by atoms with Crippen molar-refractivity contribution >= 4 is 17.5 Å². The molecule has 1 aliphatic rings. The first-order valence-electron chi connectivity index (χ1n) is 9.48. The molecular weight excluding hydrogens is 370 g/mol. The van der Waals surface area contributed by atoms with Gasteiger partial charge >= 0.3 is 0 Å². The Morgan fingerprint density at radius 1 is 1.00 bits per heavy atom. The summed E-state index contributed by atoms with van der Waals surface area (Å²) in [5.74, 6) is 0.186. The first-order valence-corrected chi connectivity index (χ1v) is 9.85. The van der Waals surface area contributed by atoms with E-state index in [9.17, 15) is 9.90 Å². The number of hydrogen-bond donors (Lipinski definition) is 2. The Balaban J connectivity index is 1.44. The SMILES string of the molecule is O=C(N[C@@H](CO)c1ccccc1)[C@H]1C[C@@H]1c1cccc(-c2ccc(Cl)cc2)c1. The average Bonchev–Trinajstić information content (AvgIpc) is 3.54. The number of halogens is 1. The summed E-state index contributed by atoms with van der Waals surface area (Å²) in [6.45, 7) is -0.112. The van der Waals surface area contributed by atoms with E-state index in [1.54, 1.807) is 0 Å². The summed E-state index contributed by atoms with van der Waals surface area (Å²) in [7, 11) is 0. The molecule has 0 saturated heterocycles. The number of amides is 1. The Labute approximate surface area is 170 Å². The van der Waals surface area contributed by atoms with Gasteiger partial charge < -0.3 is 10.4 Å². The van der Waals surface area contributed by atoms with E-state index >= 15 is 0 Å². The zero-order valence-electron chi connectivity index (χ0n) is 15.4. The maximum Gasteiger partial charge on any atom is 0.224 e. The number of carbonyl (C=O) groups is 1. The predicted octanol–water partition coefficient (Wildman–Crippen LogP) is 4.96. The lowest BCUT2D eigenvalue weighted by molar-refractivity contribution is -0.123. The summed E-state index contributed by atoms with van der Waals surface area (Å²) < 4.78 is 0. The molecule has 0 heterocycles. The van der Waals surface area contributed by atoms with Crippen molar-refractivity contribution in [1.82, 2.24) is 5.32 Å². The molecule has 0 spiro atoms. The van der Waals surface area contributed by atoms with E-state index in [1.807, 2.05) is 60.7 Å². The second-order valence-corrected chi connectivity index (χ2v) is 7.67. The molecule has 0 aromatic heterocycles. The van der Waals surface area contributed by atoms with Crippen molar-refractivity contribution in [3.8, 4) is 11.1 Å². The molecule has 1 fully saturated rings. The van der Waals surface area contributed by atoms with Gasteiger partial charge in [-0.25, -0.2) is 0 Å². The van der Waals surface area contributed by atoms with Gasteiger partial charge in [0.1, 0.15) is 0 Å². The number of hydrogen-bond acceptors (Lipinski definition) is 2. The van der Waals surface area contributed by atoms with E-state index in [2.05, 4.69) is 23.5 Å². The highest BCUT2D eigenvalue weighted by atomic mass is 35.5. The van der Waals surface area contributed by atoms with Gasteiger partial charge in [-0.05, 0) is 46.7 Å². The van der Waals surface area contributed by atoms with Gasteiger partial charge in [0.15, 0.2) is 0 Å². The average molecular weight is 392 g/mol. The Hall–Kier alpha value is -2.62. The normalized spacial score (nSPS) is 19.1. The predicted molar refractivity (Wildman–Crippen MR) is 112 cm³/mol. The minimum atomic E-state index is -0.365. The van der Waals surface area contributed by atoms with Crippen LogP contribution in [0.25, 0.3) is 11.1 Å². The Bertz CT molecular complexity index is 956. The highest BCUT2D eigenvalue weighted by Crippen LogP contribution is 2.48. The largest absolute Gasteiger partial charge is 0.394 e. The van der Waals surface area contributed by atoms with Crippen LogP contribution in [-0.2, 0) is 4.79 Å². The third kappa shape index (κ3) is 4.11. The molecule has 1 aliphatic carbocycles. The summed E-state index contributed by atoms with van der Waals surface area (Å²) in [5, 5.41) is 13.4. The van der Waals surface area contributed by atoms with Crippen LogP contribution in [0.5, 0.6) is 0 Å². The van der Waals surface area contributed by atoms with E-state index in [-0.39, 0.29) is 30.4 Å². The van der Waals surface area contributed by atoms with Crippen molar-refractivity contribution in [2.45, 2.75) is 18.4 Å². The molecule has 0 aliphatic heterocycles. The Morgan fingerprint density at radius 3 is 2.46 bits per heavy atom. The second kappa shape index (κ2) is 8.17. The first-order chi connectivity index (χ1) is 13.7. The molecule has 3 aromatic carbocycles. The number of carbonyl (C=O) groups excluding carboxylic acids is 1. The number of nitrogens with one attached hydrogen (secondary N) is 1. The fourth-order valence-corrected chi connectivity index (χ4v) is 3.77. The maximum atomic E-state index is 12.7. The standard InChI is InChI=1S/C24H22ClNO2/c25-20-11-9-16(10-12-20)18-7-4-8-19(13-18)21-14-22(21)24(28)26-23(15-27)17-5-2-1-3-6-17/h1-13,21-23,27H,14-15H2,(H,26,28)/t21-,22+,23+/m1/s1. The Morgan fingerprint density at radius 2 is 1.75 bits per heavy atom. The van der Waals surface area contributed by atoms with Crippen LogP contribution in [0.1, 0.15) is 29.5 Å². The Kier molecular flexibility index (Phi) is 5.47. The summed E-state index contributed by atoms with van der Waals surface area (Å²) >= 11 is 5.98. The molecular formula is C24H22ClNO2. The van der Waals surface area contributed by atoms with Crippen LogP contribution in [0.2, 0.25) is 5.02 Å². The molecule has 0 unspecified atom stereocenters. The molecule has 1 amide bonds. The number of aliphatic hydroxyl groups excluding tert-OH is 1. The summed E-state index contributed by atoms with van der Waals surface area (Å²) in [5.41, 5.74) is 4.32. The van der Waals surface area contributed by atoms with Gasteiger partial charge in [0, 0.05) is 10.9 Å². The molecule has 4 heteroatoms. The quantitative estimate of drug-likeness (QED) is 0.623. The molecule has 2 N–H and O–H groups in total. The molecule has 142 valence electrons. The topological polar surface area (TPSA) is 49.3 Å². The van der Waals surface area contributed by atoms with Crippen LogP contribution in [-0.4, -0.2) is 17.6 Å². The van der Waals surface area contributed by atoms with Gasteiger partial charge in [0.25, 0.3) is 0 Å². The maximum absolute atomic E-state index is 12.7. The van der Waals surface area contributed by atoms with E-state index in [0.29, 0.717) is 0 Å². The van der Waals surface area contributed by atoms with Crippen LogP contribution in [0.15, 0.2) is 78.9 Å². The van der Waals surface area contributed by atoms with E-state index in [1.165, 1.54) is 5.56 Å². The lowest BCUT2D eigenvalue weighted by Gasteiger charge is -2.16. The van der Waals surface area contributed by atoms with Crippen molar-refractivity contribution in [3.63, 3.8) is 0 Å². The third-order valence-electron chi connectivity index (χ3n) is 5.32. The zero-order valence-corrected chi connectivity index (χ0v) is 16.1. The molecule has 0 radical (unpaired) electrons. The molecule has 28 heavy (non-hydrogen) atoms. The molecule has 4 rings (SSSR count). The van der Waals surface area contributed by atoms with Crippen molar-refractivity contribution < 1.29 is 9.90 Å².